The average Bonchev–Trinajstić information content (AvgIpc) is 2.71. The summed E-state index contributed by atoms with van der Waals surface area (Å²) in [5, 5.41) is 11.4. The van der Waals surface area contributed by atoms with Gasteiger partial charge in [0.1, 0.15) is 6.17 Å². The predicted molar refractivity (Wildman–Crippen MR) is 120 cm³/mol. The molecule has 2 atom stereocenters. The van der Waals surface area contributed by atoms with Crippen molar-refractivity contribution in [3.63, 3.8) is 0 Å². The van der Waals surface area contributed by atoms with Gasteiger partial charge in [-0.1, -0.05) is 32.0 Å². The van der Waals surface area contributed by atoms with Crippen LogP contribution in [0.25, 0.3) is 0 Å². The first kappa shape index (κ1) is 23.5. The zero-order valence-electron chi connectivity index (χ0n) is 18.5. The summed E-state index contributed by atoms with van der Waals surface area (Å²) >= 11 is 0. The molecule has 30 heavy (non-hydrogen) atoms. The second-order valence-electron chi connectivity index (χ2n) is 7.86. The zero-order valence-corrected chi connectivity index (χ0v) is 18.5. The van der Waals surface area contributed by atoms with Crippen molar-refractivity contribution in [2.24, 2.45) is 10.9 Å². The van der Waals surface area contributed by atoms with Crippen LogP contribution in [0.4, 0.5) is 4.39 Å². The highest BCUT2D eigenvalue weighted by Gasteiger charge is 2.22. The Labute approximate surface area is 178 Å². The molecule has 5 nitrogen and oxygen atoms in total. The molecular formula is C24H32FN3O2. The van der Waals surface area contributed by atoms with E-state index in [1.807, 2.05) is 33.8 Å². The number of carbonyl (C=O) groups excluding carboxylic acids is 1. The lowest BCUT2D eigenvalue weighted by molar-refractivity contribution is -0.134. The molecule has 0 radical (unpaired) electrons. The first-order chi connectivity index (χ1) is 14.2. The second kappa shape index (κ2) is 10.9. The molecule has 2 N–H and O–H groups in total. The Morgan fingerprint density at radius 3 is 2.70 bits per heavy atom. The summed E-state index contributed by atoms with van der Waals surface area (Å²) in [6.07, 6.45) is 5.08. The molecule has 0 saturated carbocycles. The number of alkyl halides is 1. The summed E-state index contributed by atoms with van der Waals surface area (Å²) in [7, 11) is 0. The number of rotatable bonds is 9. The number of hydrogen-bond donors (Lipinski definition) is 2. The first-order valence-electron chi connectivity index (χ1n) is 10.4. The molecule has 6 heteroatoms. The summed E-state index contributed by atoms with van der Waals surface area (Å²) < 4.78 is 19.0. The quantitative estimate of drug-likeness (QED) is 0.559. The molecule has 0 spiro atoms. The van der Waals surface area contributed by atoms with Crippen molar-refractivity contribution < 1.29 is 13.9 Å². The third kappa shape index (κ3) is 6.12. The van der Waals surface area contributed by atoms with Gasteiger partial charge in [-0.05, 0) is 62.3 Å². The van der Waals surface area contributed by atoms with E-state index in [1.54, 1.807) is 13.1 Å². The van der Waals surface area contributed by atoms with Gasteiger partial charge in [0.25, 0.3) is 0 Å². The number of carbonyl (C=O) groups is 1. The minimum absolute atomic E-state index is 0.0400. The molecule has 1 aromatic carbocycles. The van der Waals surface area contributed by atoms with E-state index in [0.717, 1.165) is 23.1 Å². The van der Waals surface area contributed by atoms with Crippen molar-refractivity contribution in [1.29, 1.82) is 5.41 Å². The molecule has 0 fully saturated rings. The molecule has 1 heterocycles. The van der Waals surface area contributed by atoms with Crippen molar-refractivity contribution in [3.8, 4) is 0 Å². The maximum Gasteiger partial charge on any atom is 0.357 e. The minimum atomic E-state index is -0.786. The lowest BCUT2D eigenvalue weighted by Crippen LogP contribution is -2.27. The van der Waals surface area contributed by atoms with E-state index in [4.69, 9.17) is 10.1 Å². The summed E-state index contributed by atoms with van der Waals surface area (Å²) in [4.78, 5) is 16.2. The highest BCUT2D eigenvalue weighted by Crippen LogP contribution is 2.21. The Morgan fingerprint density at radius 1 is 1.33 bits per heavy atom. The molecule has 2 unspecified atom stereocenters. The molecule has 0 aliphatic carbocycles. The number of hydrogen-bond acceptors (Lipinski definition) is 5. The van der Waals surface area contributed by atoms with Crippen molar-refractivity contribution in [3.05, 3.63) is 58.9 Å². The summed E-state index contributed by atoms with van der Waals surface area (Å²) in [6.45, 7) is 9.84. The van der Waals surface area contributed by atoms with Gasteiger partial charge in [0.05, 0.1) is 12.3 Å². The van der Waals surface area contributed by atoms with Crippen molar-refractivity contribution in [2.45, 2.75) is 59.7 Å². The number of allylic oxidation sites excluding steroid dienone is 1. The molecule has 0 bridgehead atoms. The molecule has 1 aromatic rings. The van der Waals surface area contributed by atoms with Crippen LogP contribution in [-0.2, 0) is 16.0 Å². The second-order valence-corrected chi connectivity index (χ2v) is 7.86. The summed E-state index contributed by atoms with van der Waals surface area (Å²) in [5.41, 5.74) is 4.09. The lowest BCUT2D eigenvalue weighted by atomic mass is 9.95. The molecule has 0 saturated heterocycles. The van der Waals surface area contributed by atoms with Gasteiger partial charge >= 0.3 is 5.97 Å². The van der Waals surface area contributed by atoms with Crippen molar-refractivity contribution in [2.75, 3.05) is 6.61 Å². The van der Waals surface area contributed by atoms with Gasteiger partial charge in [-0.25, -0.2) is 14.2 Å². The summed E-state index contributed by atoms with van der Waals surface area (Å²) in [5.74, 6) is -0.502. The largest absolute Gasteiger partial charge is 0.461 e. The number of esters is 1. The van der Waals surface area contributed by atoms with Gasteiger partial charge in [-0.2, -0.15) is 0 Å². The Hall–Kier alpha value is -2.76. The third-order valence-corrected chi connectivity index (χ3v) is 5.22. The van der Waals surface area contributed by atoms with Gasteiger partial charge < -0.3 is 15.5 Å². The van der Waals surface area contributed by atoms with Gasteiger partial charge in [-0.15, -0.1) is 0 Å². The summed E-state index contributed by atoms with van der Waals surface area (Å²) in [6, 6.07) is 6.14. The molecule has 2 rings (SSSR count). The van der Waals surface area contributed by atoms with Crippen LogP contribution >= 0.6 is 0 Å². The average molecular weight is 414 g/mol. The number of nitrogens with one attached hydrogen (secondary N) is 2. The number of aliphatic imine (C=N–C) groups is 1. The molecule has 1 aliphatic heterocycles. The van der Waals surface area contributed by atoms with Gasteiger partial charge in [0.2, 0.25) is 0 Å². The SMILES string of the molecule is CCOC(=O)C1=NC=CC(=N)/C1=C\NC(C)c1ccc(CCC(F)C(C)C)c(C)c1. The fraction of sp³-hybridized carbons (Fsp3) is 0.458. The maximum absolute atomic E-state index is 13.9. The number of benzene rings is 1. The molecule has 1 aliphatic rings. The van der Waals surface area contributed by atoms with Crippen LogP contribution in [0.3, 0.4) is 0 Å². The van der Waals surface area contributed by atoms with E-state index in [0.29, 0.717) is 12.0 Å². The van der Waals surface area contributed by atoms with Crippen LogP contribution < -0.4 is 5.32 Å². The smallest absolute Gasteiger partial charge is 0.357 e. The number of aryl methyl sites for hydroxylation is 2. The van der Waals surface area contributed by atoms with Crippen LogP contribution in [0.15, 0.2) is 47.2 Å². The highest BCUT2D eigenvalue weighted by molar-refractivity contribution is 6.51. The molecule has 162 valence electrons. The van der Waals surface area contributed by atoms with Crippen LogP contribution in [-0.4, -0.2) is 30.2 Å². The molecular weight excluding hydrogens is 381 g/mol. The Kier molecular flexibility index (Phi) is 8.51. The standard InChI is InChI=1S/C24H32FN3O2/c1-6-30-24(29)23-20(22(26)11-12-27-23)14-28-17(5)19-8-7-18(16(4)13-19)9-10-21(25)15(2)3/h7-8,11-15,17,21,26,28H,6,9-10H2,1-5H3/b20-14+,26-22?. The van der Waals surface area contributed by atoms with E-state index in [-0.39, 0.29) is 30.0 Å². The Morgan fingerprint density at radius 2 is 2.07 bits per heavy atom. The van der Waals surface area contributed by atoms with Crippen molar-refractivity contribution in [1.82, 2.24) is 5.32 Å². The van der Waals surface area contributed by atoms with Crippen LogP contribution in [0.2, 0.25) is 0 Å². The van der Waals surface area contributed by atoms with Gasteiger partial charge in [0, 0.05) is 24.0 Å². The molecule has 0 aromatic heterocycles. The van der Waals surface area contributed by atoms with E-state index >= 15 is 0 Å². The number of nitrogens with zero attached hydrogens (tertiary/aromatic N) is 1. The van der Waals surface area contributed by atoms with E-state index in [2.05, 4.69) is 22.4 Å². The van der Waals surface area contributed by atoms with E-state index in [9.17, 15) is 9.18 Å². The number of ether oxygens (including phenoxy) is 1. The minimum Gasteiger partial charge on any atom is -0.461 e. The predicted octanol–water partition coefficient (Wildman–Crippen LogP) is 5.01. The van der Waals surface area contributed by atoms with Crippen LogP contribution in [0, 0.1) is 18.3 Å². The Balaban J connectivity index is 2.09. The maximum atomic E-state index is 13.9. The molecule has 0 amide bonds. The third-order valence-electron chi connectivity index (χ3n) is 5.22. The van der Waals surface area contributed by atoms with E-state index < -0.39 is 12.1 Å². The zero-order chi connectivity index (χ0) is 22.3. The van der Waals surface area contributed by atoms with Crippen molar-refractivity contribution >= 4 is 17.4 Å². The van der Waals surface area contributed by atoms with Gasteiger partial charge in [-0.3, -0.25) is 0 Å². The Bertz CT molecular complexity index is 871. The fourth-order valence-electron chi connectivity index (χ4n) is 3.18. The number of halogens is 1. The normalized spacial score (nSPS) is 17.1. The van der Waals surface area contributed by atoms with Crippen LogP contribution in [0.5, 0.6) is 0 Å². The van der Waals surface area contributed by atoms with Gasteiger partial charge in [0.15, 0.2) is 5.71 Å². The van der Waals surface area contributed by atoms with Crippen LogP contribution in [0.1, 0.15) is 56.8 Å². The topological polar surface area (TPSA) is 74.5 Å². The van der Waals surface area contributed by atoms with E-state index in [1.165, 1.54) is 12.3 Å². The fourth-order valence-corrected chi connectivity index (χ4v) is 3.18. The monoisotopic (exact) mass is 413 g/mol. The lowest BCUT2D eigenvalue weighted by Gasteiger charge is -2.18. The first-order valence-corrected chi connectivity index (χ1v) is 10.4. The highest BCUT2D eigenvalue weighted by atomic mass is 19.1.